The van der Waals surface area contributed by atoms with E-state index in [1.807, 2.05) is 18.7 Å². The molecule has 0 radical (unpaired) electrons. The van der Waals surface area contributed by atoms with Gasteiger partial charge in [-0.2, -0.15) is 0 Å². The first-order valence-corrected chi connectivity index (χ1v) is 8.13. The zero-order valence-corrected chi connectivity index (χ0v) is 13.9. The van der Waals surface area contributed by atoms with Gasteiger partial charge in [-0.3, -0.25) is 4.79 Å². The Balaban J connectivity index is 2.85. The SMILES string of the molecule is CCN(CC(C)C(N)=NO)C(=O)C1(CC(C)C)CCCC1. The van der Waals surface area contributed by atoms with Gasteiger partial charge >= 0.3 is 0 Å². The van der Waals surface area contributed by atoms with Crippen molar-refractivity contribution < 1.29 is 10.0 Å². The smallest absolute Gasteiger partial charge is 0.228 e. The van der Waals surface area contributed by atoms with E-state index in [-0.39, 0.29) is 23.1 Å². The number of nitrogens with zero attached hydrogens (tertiary/aromatic N) is 2. The fraction of sp³-hybridized carbons (Fsp3) is 0.875. The summed E-state index contributed by atoms with van der Waals surface area (Å²) in [5.74, 6) is 0.836. The van der Waals surface area contributed by atoms with Crippen LogP contribution in [0.1, 0.15) is 59.8 Å². The molecule has 0 aromatic heterocycles. The molecule has 1 aliphatic carbocycles. The minimum absolute atomic E-state index is 0.128. The highest BCUT2D eigenvalue weighted by Gasteiger charge is 2.43. The molecule has 1 fully saturated rings. The second-order valence-corrected chi connectivity index (χ2v) is 6.86. The lowest BCUT2D eigenvalue weighted by molar-refractivity contribution is -0.143. The Labute approximate surface area is 128 Å². The van der Waals surface area contributed by atoms with E-state index in [1.54, 1.807) is 0 Å². The minimum Gasteiger partial charge on any atom is -0.409 e. The summed E-state index contributed by atoms with van der Waals surface area (Å²) in [6, 6.07) is 0. The van der Waals surface area contributed by atoms with Gasteiger partial charge in [0.2, 0.25) is 5.91 Å². The average molecular weight is 297 g/mol. The Bertz CT molecular complexity index is 374. The van der Waals surface area contributed by atoms with Gasteiger partial charge in [0.25, 0.3) is 0 Å². The predicted octanol–water partition coefficient (Wildman–Crippen LogP) is 2.82. The van der Waals surface area contributed by atoms with Crippen LogP contribution in [0.5, 0.6) is 0 Å². The number of carbonyl (C=O) groups excluding carboxylic acids is 1. The molecule has 0 aliphatic heterocycles. The van der Waals surface area contributed by atoms with E-state index in [9.17, 15) is 4.79 Å². The molecule has 5 heteroatoms. The first-order valence-electron chi connectivity index (χ1n) is 8.13. The van der Waals surface area contributed by atoms with Crippen LogP contribution in [0.25, 0.3) is 0 Å². The highest BCUT2D eigenvalue weighted by molar-refractivity contribution is 5.85. The first kappa shape index (κ1) is 17.8. The molecule has 21 heavy (non-hydrogen) atoms. The van der Waals surface area contributed by atoms with Crippen molar-refractivity contribution in [2.75, 3.05) is 13.1 Å². The van der Waals surface area contributed by atoms with Crippen LogP contribution < -0.4 is 5.73 Å². The fourth-order valence-electron chi connectivity index (χ4n) is 3.55. The molecule has 1 unspecified atom stereocenters. The summed E-state index contributed by atoms with van der Waals surface area (Å²) in [6.45, 7) is 9.43. The molecular weight excluding hydrogens is 266 g/mol. The quantitative estimate of drug-likeness (QED) is 0.328. The monoisotopic (exact) mass is 297 g/mol. The van der Waals surface area contributed by atoms with Gasteiger partial charge in [-0.05, 0) is 32.1 Å². The Hall–Kier alpha value is -1.26. The molecule has 0 aromatic rings. The van der Waals surface area contributed by atoms with Crippen LogP contribution in [0.15, 0.2) is 5.16 Å². The standard InChI is InChI=1S/C16H31N3O2/c1-5-19(11-13(4)14(17)18-21)15(20)16(10-12(2)3)8-6-7-9-16/h12-13,21H,5-11H2,1-4H3,(H2,17,18). The van der Waals surface area contributed by atoms with Gasteiger partial charge in [0, 0.05) is 24.4 Å². The molecule has 0 heterocycles. The summed E-state index contributed by atoms with van der Waals surface area (Å²) >= 11 is 0. The van der Waals surface area contributed by atoms with E-state index in [0.717, 1.165) is 32.1 Å². The molecule has 5 nitrogen and oxygen atoms in total. The third-order valence-corrected chi connectivity index (χ3v) is 4.60. The van der Waals surface area contributed by atoms with Crippen molar-refractivity contribution in [1.82, 2.24) is 4.90 Å². The lowest BCUT2D eigenvalue weighted by atomic mass is 9.77. The second kappa shape index (κ2) is 7.66. The van der Waals surface area contributed by atoms with Crippen LogP contribution in [-0.4, -0.2) is 34.9 Å². The Morgan fingerprint density at radius 1 is 1.33 bits per heavy atom. The number of amides is 1. The summed E-state index contributed by atoms with van der Waals surface area (Å²) in [6.07, 6.45) is 5.24. The summed E-state index contributed by atoms with van der Waals surface area (Å²) < 4.78 is 0. The van der Waals surface area contributed by atoms with Gasteiger partial charge in [-0.1, -0.05) is 38.8 Å². The molecule has 0 bridgehead atoms. The van der Waals surface area contributed by atoms with Gasteiger partial charge in [0.05, 0.1) is 0 Å². The molecule has 0 saturated heterocycles. The Kier molecular flexibility index (Phi) is 6.49. The van der Waals surface area contributed by atoms with Crippen molar-refractivity contribution in [3.63, 3.8) is 0 Å². The first-order chi connectivity index (χ1) is 9.86. The van der Waals surface area contributed by atoms with E-state index in [2.05, 4.69) is 19.0 Å². The van der Waals surface area contributed by atoms with Crippen molar-refractivity contribution in [2.45, 2.75) is 59.8 Å². The van der Waals surface area contributed by atoms with E-state index in [4.69, 9.17) is 10.9 Å². The van der Waals surface area contributed by atoms with Gasteiger partial charge < -0.3 is 15.8 Å². The molecule has 122 valence electrons. The van der Waals surface area contributed by atoms with Crippen LogP contribution in [-0.2, 0) is 4.79 Å². The van der Waals surface area contributed by atoms with Gasteiger partial charge in [0.15, 0.2) is 0 Å². The Morgan fingerprint density at radius 3 is 2.33 bits per heavy atom. The second-order valence-electron chi connectivity index (χ2n) is 6.86. The topological polar surface area (TPSA) is 78.9 Å². The Morgan fingerprint density at radius 2 is 1.90 bits per heavy atom. The maximum atomic E-state index is 13.1. The van der Waals surface area contributed by atoms with Crippen molar-refractivity contribution >= 4 is 11.7 Å². The lowest BCUT2D eigenvalue weighted by Crippen LogP contribution is -2.46. The summed E-state index contributed by atoms with van der Waals surface area (Å²) in [5, 5.41) is 11.8. The van der Waals surface area contributed by atoms with Crippen LogP contribution in [0.2, 0.25) is 0 Å². The minimum atomic E-state index is -0.185. The van der Waals surface area contributed by atoms with E-state index in [0.29, 0.717) is 19.0 Å². The van der Waals surface area contributed by atoms with E-state index >= 15 is 0 Å². The van der Waals surface area contributed by atoms with Crippen LogP contribution in [0.4, 0.5) is 0 Å². The van der Waals surface area contributed by atoms with Crippen molar-refractivity contribution in [1.29, 1.82) is 0 Å². The molecule has 1 atom stereocenters. The lowest BCUT2D eigenvalue weighted by Gasteiger charge is -2.36. The highest BCUT2D eigenvalue weighted by Crippen LogP contribution is 2.44. The highest BCUT2D eigenvalue weighted by atomic mass is 16.4. The van der Waals surface area contributed by atoms with Crippen LogP contribution in [0.3, 0.4) is 0 Å². The number of hydrogen-bond donors (Lipinski definition) is 2. The number of hydrogen-bond acceptors (Lipinski definition) is 3. The van der Waals surface area contributed by atoms with Crippen molar-refractivity contribution in [3.05, 3.63) is 0 Å². The van der Waals surface area contributed by atoms with Gasteiger partial charge in [0.1, 0.15) is 5.84 Å². The molecular formula is C16H31N3O2. The summed E-state index contributed by atoms with van der Waals surface area (Å²) in [4.78, 5) is 14.9. The molecule has 1 saturated carbocycles. The molecule has 1 amide bonds. The third kappa shape index (κ3) is 4.35. The molecule has 1 rings (SSSR count). The zero-order valence-electron chi connectivity index (χ0n) is 13.9. The number of carbonyl (C=O) groups is 1. The maximum absolute atomic E-state index is 13.1. The largest absolute Gasteiger partial charge is 0.409 e. The average Bonchev–Trinajstić information content (AvgIpc) is 2.91. The van der Waals surface area contributed by atoms with E-state index in [1.165, 1.54) is 0 Å². The molecule has 0 spiro atoms. The summed E-state index contributed by atoms with van der Waals surface area (Å²) in [7, 11) is 0. The number of oxime groups is 1. The van der Waals surface area contributed by atoms with Crippen molar-refractivity contribution in [3.8, 4) is 0 Å². The zero-order chi connectivity index (χ0) is 16.0. The number of rotatable bonds is 7. The third-order valence-electron chi connectivity index (χ3n) is 4.60. The van der Waals surface area contributed by atoms with Crippen LogP contribution in [0, 0.1) is 17.3 Å². The molecule has 1 aliphatic rings. The maximum Gasteiger partial charge on any atom is 0.228 e. The molecule has 0 aromatic carbocycles. The van der Waals surface area contributed by atoms with Gasteiger partial charge in [-0.25, -0.2) is 0 Å². The summed E-state index contributed by atoms with van der Waals surface area (Å²) in [5.41, 5.74) is 5.46. The van der Waals surface area contributed by atoms with Crippen LogP contribution >= 0.6 is 0 Å². The fourth-order valence-corrected chi connectivity index (χ4v) is 3.55. The predicted molar refractivity (Wildman–Crippen MR) is 85.2 cm³/mol. The number of nitrogens with two attached hydrogens (primary N) is 1. The number of amidine groups is 1. The van der Waals surface area contributed by atoms with Gasteiger partial charge in [-0.15, -0.1) is 0 Å². The van der Waals surface area contributed by atoms with E-state index < -0.39 is 0 Å². The molecule has 3 N–H and O–H groups in total. The normalized spacial score (nSPS) is 19.8. The van der Waals surface area contributed by atoms with Crippen molar-refractivity contribution in [2.24, 2.45) is 28.1 Å².